The standard InChI is InChI=1S/C5H6O2S2.Na/c6-5(7)3-4-1-2-8-9-4;/h1-2,4H,3H2,(H,6,7);/q;+1/p-1. The van der Waals surface area contributed by atoms with E-state index in [9.17, 15) is 9.90 Å². The summed E-state index contributed by atoms with van der Waals surface area (Å²) >= 11 is 0. The van der Waals surface area contributed by atoms with Gasteiger partial charge >= 0.3 is 29.6 Å². The Morgan fingerprint density at radius 3 is 2.80 bits per heavy atom. The molecule has 0 aromatic heterocycles. The van der Waals surface area contributed by atoms with Crippen molar-refractivity contribution in [3.63, 3.8) is 0 Å². The summed E-state index contributed by atoms with van der Waals surface area (Å²) in [5.41, 5.74) is 0. The topological polar surface area (TPSA) is 40.1 Å². The fraction of sp³-hybridized carbons (Fsp3) is 0.400. The average molecular weight is 184 g/mol. The van der Waals surface area contributed by atoms with Crippen LogP contribution in [0.25, 0.3) is 0 Å². The minimum atomic E-state index is -0.973. The molecule has 0 radical (unpaired) electrons. The molecule has 5 heteroatoms. The molecule has 0 aromatic rings. The summed E-state index contributed by atoms with van der Waals surface area (Å²) in [5, 5.41) is 12.0. The largest absolute Gasteiger partial charge is 1.00 e. The van der Waals surface area contributed by atoms with Gasteiger partial charge in [-0.15, -0.1) is 0 Å². The first-order valence-electron chi connectivity index (χ1n) is 2.47. The maximum atomic E-state index is 9.99. The molecule has 1 atom stereocenters. The third kappa shape index (κ3) is 3.93. The molecule has 1 aliphatic rings. The van der Waals surface area contributed by atoms with Crippen LogP contribution in [0, 0.1) is 0 Å². The Balaban J connectivity index is 0.000000810. The molecular weight excluding hydrogens is 179 g/mol. The molecule has 50 valence electrons. The van der Waals surface area contributed by atoms with Crippen LogP contribution >= 0.6 is 21.6 Å². The van der Waals surface area contributed by atoms with Crippen molar-refractivity contribution in [2.75, 3.05) is 0 Å². The number of carboxylic acids is 1. The van der Waals surface area contributed by atoms with Gasteiger partial charge in [0.05, 0.1) is 0 Å². The zero-order valence-electron chi connectivity index (χ0n) is 5.57. The zero-order chi connectivity index (χ0) is 6.69. The van der Waals surface area contributed by atoms with Crippen molar-refractivity contribution in [3.8, 4) is 0 Å². The first-order chi connectivity index (χ1) is 4.29. The van der Waals surface area contributed by atoms with Gasteiger partial charge in [0.2, 0.25) is 0 Å². The molecule has 0 fully saturated rings. The van der Waals surface area contributed by atoms with E-state index in [1.54, 1.807) is 21.6 Å². The second-order valence-electron chi connectivity index (χ2n) is 1.64. The van der Waals surface area contributed by atoms with Crippen LogP contribution in [0.15, 0.2) is 11.5 Å². The van der Waals surface area contributed by atoms with Gasteiger partial charge in [0, 0.05) is 17.6 Å². The zero-order valence-corrected chi connectivity index (χ0v) is 9.21. The maximum absolute atomic E-state index is 9.99. The number of hydrogen-bond acceptors (Lipinski definition) is 4. The molecule has 0 aliphatic carbocycles. The predicted molar refractivity (Wildman–Crippen MR) is 37.7 cm³/mol. The van der Waals surface area contributed by atoms with Gasteiger partial charge in [-0.2, -0.15) is 0 Å². The smallest absolute Gasteiger partial charge is 0.550 e. The summed E-state index contributed by atoms with van der Waals surface area (Å²) < 4.78 is 0. The molecule has 1 aliphatic heterocycles. The Morgan fingerprint density at radius 1 is 1.70 bits per heavy atom. The number of carboxylic acid groups (broad SMARTS) is 1. The second-order valence-corrected chi connectivity index (χ2v) is 4.05. The van der Waals surface area contributed by atoms with Crippen molar-refractivity contribution >= 4 is 27.6 Å². The molecule has 1 rings (SSSR count). The molecule has 0 N–H and O–H groups in total. The number of carbonyl (C=O) groups is 1. The second kappa shape index (κ2) is 5.55. The summed E-state index contributed by atoms with van der Waals surface area (Å²) in [7, 11) is 3.12. The van der Waals surface area contributed by atoms with Crippen molar-refractivity contribution in [3.05, 3.63) is 11.5 Å². The fourth-order valence-electron chi connectivity index (χ4n) is 0.522. The fourth-order valence-corrected chi connectivity index (χ4v) is 2.64. The van der Waals surface area contributed by atoms with E-state index in [4.69, 9.17) is 0 Å². The molecule has 0 aromatic carbocycles. The molecule has 10 heavy (non-hydrogen) atoms. The van der Waals surface area contributed by atoms with E-state index >= 15 is 0 Å². The summed E-state index contributed by atoms with van der Waals surface area (Å²) in [6, 6.07) is 0. The molecule has 2 nitrogen and oxygen atoms in total. The van der Waals surface area contributed by atoms with Crippen LogP contribution in [0.2, 0.25) is 0 Å². The summed E-state index contributed by atoms with van der Waals surface area (Å²) in [5.74, 6) is -0.973. The quantitative estimate of drug-likeness (QED) is 0.349. The molecule has 1 heterocycles. The van der Waals surface area contributed by atoms with Gasteiger partial charge < -0.3 is 9.90 Å². The number of hydrogen-bond donors (Lipinski definition) is 0. The molecular formula is C5H5NaO2S2. The number of carbonyl (C=O) groups excluding carboxylic acids is 1. The van der Waals surface area contributed by atoms with Crippen LogP contribution in [-0.2, 0) is 4.79 Å². The Labute approximate surface area is 89.5 Å². The van der Waals surface area contributed by atoms with Gasteiger partial charge in [-0.3, -0.25) is 0 Å². The van der Waals surface area contributed by atoms with Gasteiger partial charge in [0.25, 0.3) is 0 Å². The van der Waals surface area contributed by atoms with E-state index in [2.05, 4.69) is 0 Å². The molecule has 0 bridgehead atoms. The molecule has 0 spiro atoms. The van der Waals surface area contributed by atoms with Crippen LogP contribution in [0.4, 0.5) is 0 Å². The molecule has 0 saturated carbocycles. The van der Waals surface area contributed by atoms with Gasteiger partial charge in [-0.05, 0) is 5.41 Å². The molecule has 1 unspecified atom stereocenters. The normalized spacial score (nSPS) is 22.2. The van der Waals surface area contributed by atoms with E-state index in [0.29, 0.717) is 0 Å². The van der Waals surface area contributed by atoms with E-state index in [0.717, 1.165) is 0 Å². The van der Waals surface area contributed by atoms with Gasteiger partial charge in [0.15, 0.2) is 0 Å². The van der Waals surface area contributed by atoms with E-state index in [-0.39, 0.29) is 41.2 Å². The first kappa shape index (κ1) is 10.9. The van der Waals surface area contributed by atoms with Crippen LogP contribution in [-0.4, -0.2) is 11.2 Å². The van der Waals surface area contributed by atoms with Crippen molar-refractivity contribution in [1.82, 2.24) is 0 Å². The maximum Gasteiger partial charge on any atom is 1.00 e. The Bertz CT molecular complexity index is 149. The summed E-state index contributed by atoms with van der Waals surface area (Å²) in [6.45, 7) is 0. The molecule has 0 amide bonds. The van der Waals surface area contributed by atoms with Crippen molar-refractivity contribution in [1.29, 1.82) is 0 Å². The van der Waals surface area contributed by atoms with E-state index in [1.807, 2.05) is 11.5 Å². The van der Waals surface area contributed by atoms with Gasteiger partial charge in [0.1, 0.15) is 0 Å². The Morgan fingerprint density at radius 2 is 2.40 bits per heavy atom. The third-order valence-electron chi connectivity index (χ3n) is 0.896. The minimum absolute atomic E-state index is 0. The third-order valence-corrected chi connectivity index (χ3v) is 3.25. The van der Waals surface area contributed by atoms with Gasteiger partial charge in [-0.1, -0.05) is 27.7 Å². The molecule has 0 saturated heterocycles. The van der Waals surface area contributed by atoms with Crippen molar-refractivity contribution in [2.45, 2.75) is 11.7 Å². The van der Waals surface area contributed by atoms with Crippen molar-refractivity contribution in [2.24, 2.45) is 0 Å². The Kier molecular flexibility index (Phi) is 6.05. The van der Waals surface area contributed by atoms with E-state index < -0.39 is 5.97 Å². The van der Waals surface area contributed by atoms with Crippen LogP contribution < -0.4 is 34.7 Å². The van der Waals surface area contributed by atoms with Crippen LogP contribution in [0.5, 0.6) is 0 Å². The minimum Gasteiger partial charge on any atom is -0.550 e. The first-order valence-corrected chi connectivity index (χ1v) is 4.75. The Hall–Kier alpha value is 0.910. The SMILES string of the molecule is O=C([O-])CC1C=CSS1.[Na+]. The van der Waals surface area contributed by atoms with Crippen molar-refractivity contribution < 1.29 is 39.5 Å². The average Bonchev–Trinajstić information content (AvgIpc) is 2.15. The van der Waals surface area contributed by atoms with E-state index in [1.165, 1.54) is 0 Å². The number of aliphatic carboxylic acids is 1. The summed E-state index contributed by atoms with van der Waals surface area (Å²) in [6.07, 6.45) is 2.01. The van der Waals surface area contributed by atoms with Crippen LogP contribution in [0.1, 0.15) is 6.42 Å². The predicted octanol–water partition coefficient (Wildman–Crippen LogP) is -2.59. The summed E-state index contributed by atoms with van der Waals surface area (Å²) in [4.78, 5) is 9.99. The van der Waals surface area contributed by atoms with Crippen LogP contribution in [0.3, 0.4) is 0 Å². The monoisotopic (exact) mass is 184 g/mol. The van der Waals surface area contributed by atoms with Gasteiger partial charge in [-0.25, -0.2) is 0 Å². The number of rotatable bonds is 2.